The maximum Gasteiger partial charge on any atom is 0.258 e. The fourth-order valence-corrected chi connectivity index (χ4v) is 7.79. The number of halogens is 1. The second-order valence-electron chi connectivity index (χ2n) is 14.1. The maximum atomic E-state index is 15.6. The Morgan fingerprint density at radius 3 is 2.48 bits per heavy atom. The van der Waals surface area contributed by atoms with E-state index < -0.39 is 17.8 Å². The highest BCUT2D eigenvalue weighted by Crippen LogP contribution is 2.50. The minimum absolute atomic E-state index is 0.165. The number of anilines is 3. The van der Waals surface area contributed by atoms with Crippen molar-refractivity contribution >= 4 is 34.8 Å². The molecule has 1 unspecified atom stereocenters. The molecule has 8 rings (SSSR count). The molecule has 0 spiro atoms. The van der Waals surface area contributed by atoms with Crippen LogP contribution in [0.5, 0.6) is 0 Å². The van der Waals surface area contributed by atoms with Crippen molar-refractivity contribution < 1.29 is 23.3 Å². The van der Waals surface area contributed by atoms with E-state index in [1.807, 2.05) is 18.7 Å². The van der Waals surface area contributed by atoms with Crippen molar-refractivity contribution in [2.24, 2.45) is 5.92 Å². The van der Waals surface area contributed by atoms with Gasteiger partial charge in [0.2, 0.25) is 11.8 Å². The molecule has 0 bridgehead atoms. The van der Waals surface area contributed by atoms with Crippen LogP contribution in [0, 0.1) is 39.1 Å². The van der Waals surface area contributed by atoms with Gasteiger partial charge in [0, 0.05) is 79.4 Å². The molecule has 3 amide bonds. The van der Waals surface area contributed by atoms with Gasteiger partial charge in [-0.15, -0.1) is 0 Å². The number of nitrogens with zero attached hydrogens (tertiary/aromatic N) is 5. The second kappa shape index (κ2) is 11.8. The van der Waals surface area contributed by atoms with E-state index >= 15 is 4.39 Å². The molecule has 3 aromatic carbocycles. The summed E-state index contributed by atoms with van der Waals surface area (Å²) in [5.74, 6) is -0.717. The Labute approximate surface area is 289 Å². The molecule has 3 aliphatic heterocycles. The summed E-state index contributed by atoms with van der Waals surface area (Å²) >= 11 is 0. The number of imide groups is 1. The minimum atomic E-state index is -0.747. The average Bonchev–Trinajstić information content (AvgIpc) is 3.73. The standard InChI is InChI=1S/C39H37FN6O4/c1-22-5-6-26(36-23(2)43-50-24(36)3)15-33(22)45(29-9-7-28(8-10-29)39(41-4)13-14-39)20-25-18-44(19-25)34-16-27-21-46(38(49)30(27)17-31(34)40)32-11-12-35(47)42-37(32)48/h5-10,15-17,25,32H,11-14,18-21H2,1-3H3,(H,42,47,48). The molecule has 4 heterocycles. The van der Waals surface area contributed by atoms with Gasteiger partial charge in [-0.25, -0.2) is 11.0 Å². The lowest BCUT2D eigenvalue weighted by Gasteiger charge is -2.44. The van der Waals surface area contributed by atoms with Crippen LogP contribution in [0.3, 0.4) is 0 Å². The summed E-state index contributed by atoms with van der Waals surface area (Å²) in [5.41, 5.74) is 8.05. The number of amides is 3. The zero-order chi connectivity index (χ0) is 34.9. The zero-order valence-corrected chi connectivity index (χ0v) is 28.3. The second-order valence-corrected chi connectivity index (χ2v) is 14.1. The monoisotopic (exact) mass is 672 g/mol. The number of piperidine rings is 1. The number of fused-ring (bicyclic) bond motifs is 1. The summed E-state index contributed by atoms with van der Waals surface area (Å²) in [6, 6.07) is 17.0. The van der Waals surface area contributed by atoms with Crippen LogP contribution in [0.25, 0.3) is 16.0 Å². The number of rotatable bonds is 8. The third-order valence-electron chi connectivity index (χ3n) is 10.8. The molecule has 4 aliphatic rings. The molecule has 1 N–H and O–H groups in total. The van der Waals surface area contributed by atoms with Crippen molar-refractivity contribution in [1.29, 1.82) is 0 Å². The minimum Gasteiger partial charge on any atom is -0.368 e. The Morgan fingerprint density at radius 2 is 1.82 bits per heavy atom. The van der Waals surface area contributed by atoms with Gasteiger partial charge < -0.3 is 24.1 Å². The van der Waals surface area contributed by atoms with Crippen LogP contribution >= 0.6 is 0 Å². The van der Waals surface area contributed by atoms with Crippen molar-refractivity contribution in [3.8, 4) is 11.1 Å². The van der Waals surface area contributed by atoms with Gasteiger partial charge in [0.25, 0.3) is 11.4 Å². The number of nitrogens with one attached hydrogen (secondary N) is 1. The van der Waals surface area contributed by atoms with Gasteiger partial charge in [0.15, 0.2) is 0 Å². The van der Waals surface area contributed by atoms with Crippen LogP contribution in [0.1, 0.15) is 64.2 Å². The highest BCUT2D eigenvalue weighted by molar-refractivity contribution is 6.05. The van der Waals surface area contributed by atoms with Crippen LogP contribution in [-0.2, 0) is 21.7 Å². The summed E-state index contributed by atoms with van der Waals surface area (Å²) in [6.07, 6.45) is 2.20. The van der Waals surface area contributed by atoms with Crippen LogP contribution < -0.4 is 15.1 Å². The molecular weight excluding hydrogens is 635 g/mol. The first kappa shape index (κ1) is 31.7. The third-order valence-corrected chi connectivity index (χ3v) is 10.8. The Kier molecular flexibility index (Phi) is 7.51. The molecule has 10 nitrogen and oxygen atoms in total. The van der Waals surface area contributed by atoms with Gasteiger partial charge >= 0.3 is 0 Å². The van der Waals surface area contributed by atoms with Crippen molar-refractivity contribution in [2.45, 2.75) is 64.6 Å². The average molecular weight is 673 g/mol. The van der Waals surface area contributed by atoms with Gasteiger partial charge in [-0.3, -0.25) is 19.7 Å². The summed E-state index contributed by atoms with van der Waals surface area (Å²) in [7, 11) is 0. The third kappa shape index (κ3) is 5.30. The van der Waals surface area contributed by atoms with Gasteiger partial charge in [0.1, 0.15) is 17.6 Å². The molecule has 1 saturated carbocycles. The molecule has 1 aliphatic carbocycles. The van der Waals surface area contributed by atoms with Gasteiger partial charge in [0.05, 0.1) is 11.4 Å². The lowest BCUT2D eigenvalue weighted by Crippen LogP contribution is -2.52. The molecule has 4 aromatic rings. The highest BCUT2D eigenvalue weighted by atomic mass is 19.1. The lowest BCUT2D eigenvalue weighted by atomic mass is 9.95. The number of aryl methyl sites for hydroxylation is 3. The fraction of sp³-hybridized carbons (Fsp3) is 0.359. The van der Waals surface area contributed by atoms with Crippen LogP contribution in [-0.4, -0.2) is 53.5 Å². The van der Waals surface area contributed by atoms with E-state index in [0.717, 1.165) is 57.9 Å². The molecule has 254 valence electrons. The van der Waals surface area contributed by atoms with E-state index in [-0.39, 0.29) is 48.2 Å². The molecule has 1 aromatic heterocycles. The van der Waals surface area contributed by atoms with Crippen molar-refractivity contribution in [3.63, 3.8) is 0 Å². The summed E-state index contributed by atoms with van der Waals surface area (Å²) in [4.78, 5) is 47.0. The number of carbonyl (C=O) groups excluding carboxylic acids is 3. The van der Waals surface area contributed by atoms with E-state index in [2.05, 4.69) is 69.6 Å². The number of hydrogen-bond donors (Lipinski definition) is 1. The van der Waals surface area contributed by atoms with Crippen molar-refractivity contribution in [2.75, 3.05) is 29.4 Å². The Bertz CT molecular complexity index is 2090. The number of hydrogen-bond acceptors (Lipinski definition) is 7. The van der Waals surface area contributed by atoms with E-state index in [4.69, 9.17) is 11.1 Å². The molecule has 3 fully saturated rings. The first-order valence-electron chi connectivity index (χ1n) is 17.1. The van der Waals surface area contributed by atoms with Gasteiger partial charge in [-0.2, -0.15) is 0 Å². The van der Waals surface area contributed by atoms with Crippen LogP contribution in [0.15, 0.2) is 59.1 Å². The van der Waals surface area contributed by atoms with Crippen LogP contribution in [0.4, 0.5) is 21.5 Å². The molecule has 50 heavy (non-hydrogen) atoms. The number of benzene rings is 3. The quantitative estimate of drug-likeness (QED) is 0.172. The van der Waals surface area contributed by atoms with Crippen molar-refractivity contribution in [3.05, 3.63) is 106 Å². The first-order chi connectivity index (χ1) is 24.0. The van der Waals surface area contributed by atoms with E-state index in [1.54, 1.807) is 6.07 Å². The van der Waals surface area contributed by atoms with Gasteiger partial charge in [-0.1, -0.05) is 17.3 Å². The Balaban J connectivity index is 1.04. The first-order valence-corrected chi connectivity index (χ1v) is 17.1. The summed E-state index contributed by atoms with van der Waals surface area (Å²) in [5, 5.41) is 6.48. The van der Waals surface area contributed by atoms with E-state index in [9.17, 15) is 14.4 Å². The lowest BCUT2D eigenvalue weighted by molar-refractivity contribution is -0.136. The zero-order valence-electron chi connectivity index (χ0n) is 28.3. The predicted molar refractivity (Wildman–Crippen MR) is 185 cm³/mol. The Morgan fingerprint density at radius 1 is 1.06 bits per heavy atom. The Hall–Kier alpha value is -5.50. The molecular formula is C39H37FN6O4. The summed E-state index contributed by atoms with van der Waals surface area (Å²) in [6.45, 7) is 15.8. The normalized spacial score (nSPS) is 19.6. The molecule has 1 atom stereocenters. The fourth-order valence-electron chi connectivity index (χ4n) is 7.79. The molecule has 11 heteroatoms. The number of aromatic nitrogens is 1. The largest absolute Gasteiger partial charge is 0.368 e. The SMILES string of the molecule is [C-]#[N+]C1(c2ccc(N(CC3CN(c4cc5c(cc4F)C(=O)N(C4CCC(=O)NC4=O)C5)C3)c3cc(-c4c(C)noc4C)ccc3C)cc2)CC1. The smallest absolute Gasteiger partial charge is 0.258 e. The van der Waals surface area contributed by atoms with Crippen molar-refractivity contribution in [1.82, 2.24) is 15.4 Å². The highest BCUT2D eigenvalue weighted by Gasteiger charge is 2.52. The van der Waals surface area contributed by atoms with Gasteiger partial charge in [-0.05, 0) is 86.3 Å². The number of carbonyl (C=O) groups is 3. The summed E-state index contributed by atoms with van der Waals surface area (Å²) < 4.78 is 21.1. The maximum absolute atomic E-state index is 15.6. The van der Waals surface area contributed by atoms with E-state index in [1.165, 1.54) is 11.0 Å². The molecule has 2 saturated heterocycles. The van der Waals surface area contributed by atoms with E-state index in [0.29, 0.717) is 30.9 Å². The predicted octanol–water partition coefficient (Wildman–Crippen LogP) is 6.35. The molecule has 0 radical (unpaired) electrons. The topological polar surface area (TPSA) is 103 Å². The van der Waals surface area contributed by atoms with Crippen LogP contribution in [0.2, 0.25) is 0 Å².